The van der Waals surface area contributed by atoms with Gasteiger partial charge in [0.25, 0.3) is 5.91 Å². The van der Waals surface area contributed by atoms with Crippen LogP contribution in [0.2, 0.25) is 0 Å². The van der Waals surface area contributed by atoms with Gasteiger partial charge in [-0.3, -0.25) is 10.1 Å². The van der Waals surface area contributed by atoms with Crippen molar-refractivity contribution in [2.45, 2.75) is 6.42 Å². The van der Waals surface area contributed by atoms with Crippen molar-refractivity contribution in [3.05, 3.63) is 34.8 Å². The third-order valence-electron chi connectivity index (χ3n) is 2.52. The molecule has 1 heterocycles. The number of methoxy groups -OCH3 is 2. The minimum atomic E-state index is -0.243. The fourth-order valence-electron chi connectivity index (χ4n) is 1.67. The second-order valence-electron chi connectivity index (χ2n) is 3.97. The number of carbonyl (C=O) groups is 1. The van der Waals surface area contributed by atoms with E-state index in [9.17, 15) is 4.79 Å². The summed E-state index contributed by atoms with van der Waals surface area (Å²) in [5.41, 5.74) is 1.03. The smallest absolute Gasteiger partial charge is 0.252 e. The minimum absolute atomic E-state index is 0.00141. The van der Waals surface area contributed by atoms with Crippen molar-refractivity contribution in [3.63, 3.8) is 0 Å². The quantitative estimate of drug-likeness (QED) is 0.878. The van der Waals surface area contributed by atoms with E-state index in [-0.39, 0.29) is 12.5 Å². The molecule has 0 aliphatic heterocycles. The lowest BCUT2D eigenvalue weighted by atomic mass is 10.1. The Morgan fingerprint density at radius 2 is 2.10 bits per heavy atom. The van der Waals surface area contributed by atoms with Crippen molar-refractivity contribution in [1.29, 1.82) is 0 Å². The first-order valence-electron chi connectivity index (χ1n) is 5.96. The SMILES string of the molecule is COCC(=O)Nc1nnc(Cc2ccccc2OC)s1. The molecule has 1 amide bonds. The molecule has 0 saturated heterocycles. The standard InChI is InChI=1S/C13H15N3O3S/c1-18-8-11(17)14-13-16-15-12(20-13)7-9-5-3-4-6-10(9)19-2/h3-6H,7-8H2,1-2H3,(H,14,16,17). The lowest BCUT2D eigenvalue weighted by Gasteiger charge is -2.05. The largest absolute Gasteiger partial charge is 0.496 e. The summed E-state index contributed by atoms with van der Waals surface area (Å²) >= 11 is 1.34. The molecule has 0 saturated carbocycles. The Labute approximate surface area is 120 Å². The average Bonchev–Trinajstić information content (AvgIpc) is 2.87. The fraction of sp³-hybridized carbons (Fsp3) is 0.308. The molecule has 0 fully saturated rings. The van der Waals surface area contributed by atoms with Crippen LogP contribution in [-0.4, -0.2) is 36.9 Å². The number of hydrogen-bond donors (Lipinski definition) is 1. The van der Waals surface area contributed by atoms with E-state index in [1.165, 1.54) is 18.4 Å². The van der Waals surface area contributed by atoms with E-state index in [0.717, 1.165) is 16.3 Å². The minimum Gasteiger partial charge on any atom is -0.496 e. The van der Waals surface area contributed by atoms with E-state index in [0.29, 0.717) is 11.6 Å². The summed E-state index contributed by atoms with van der Waals surface area (Å²) < 4.78 is 10.0. The Bertz CT molecular complexity index is 586. The van der Waals surface area contributed by atoms with Crippen molar-refractivity contribution in [2.24, 2.45) is 0 Å². The highest BCUT2D eigenvalue weighted by molar-refractivity contribution is 7.15. The van der Waals surface area contributed by atoms with Gasteiger partial charge in [-0.1, -0.05) is 29.5 Å². The number of amides is 1. The van der Waals surface area contributed by atoms with Crippen molar-refractivity contribution < 1.29 is 14.3 Å². The number of aromatic nitrogens is 2. The maximum atomic E-state index is 11.4. The highest BCUT2D eigenvalue weighted by Gasteiger charge is 2.10. The molecule has 0 radical (unpaired) electrons. The van der Waals surface area contributed by atoms with Gasteiger partial charge < -0.3 is 9.47 Å². The molecule has 0 aliphatic rings. The van der Waals surface area contributed by atoms with Crippen LogP contribution in [0.25, 0.3) is 0 Å². The third kappa shape index (κ3) is 3.75. The van der Waals surface area contributed by atoms with Crippen LogP contribution >= 0.6 is 11.3 Å². The maximum absolute atomic E-state index is 11.4. The van der Waals surface area contributed by atoms with E-state index in [1.54, 1.807) is 7.11 Å². The number of para-hydroxylation sites is 1. The van der Waals surface area contributed by atoms with Gasteiger partial charge in [0.2, 0.25) is 5.13 Å². The predicted octanol–water partition coefficient (Wildman–Crippen LogP) is 1.72. The summed E-state index contributed by atoms with van der Waals surface area (Å²) in [5, 5.41) is 11.9. The normalized spacial score (nSPS) is 10.3. The van der Waals surface area contributed by atoms with E-state index in [4.69, 9.17) is 9.47 Å². The average molecular weight is 293 g/mol. The Kier molecular flexibility index (Phi) is 5.03. The fourth-order valence-corrected chi connectivity index (χ4v) is 2.45. The monoisotopic (exact) mass is 293 g/mol. The van der Waals surface area contributed by atoms with Crippen LogP contribution in [0.5, 0.6) is 5.75 Å². The van der Waals surface area contributed by atoms with Gasteiger partial charge in [-0.15, -0.1) is 10.2 Å². The Morgan fingerprint density at radius 3 is 2.85 bits per heavy atom. The second kappa shape index (κ2) is 6.97. The maximum Gasteiger partial charge on any atom is 0.252 e. The van der Waals surface area contributed by atoms with Gasteiger partial charge in [0, 0.05) is 19.1 Å². The van der Waals surface area contributed by atoms with Crippen molar-refractivity contribution in [1.82, 2.24) is 10.2 Å². The molecule has 1 N–H and O–H groups in total. The second-order valence-corrected chi connectivity index (χ2v) is 5.03. The zero-order chi connectivity index (χ0) is 14.4. The lowest BCUT2D eigenvalue weighted by Crippen LogP contribution is -2.16. The molecule has 1 aromatic carbocycles. The topological polar surface area (TPSA) is 73.3 Å². The number of hydrogen-bond acceptors (Lipinski definition) is 6. The molecule has 2 aromatic rings. The molecular weight excluding hydrogens is 278 g/mol. The molecule has 1 aromatic heterocycles. The molecule has 6 nitrogen and oxygen atoms in total. The van der Waals surface area contributed by atoms with Crippen molar-refractivity contribution in [3.8, 4) is 5.75 Å². The highest BCUT2D eigenvalue weighted by Crippen LogP contribution is 2.24. The molecular formula is C13H15N3O3S. The number of carbonyl (C=O) groups excluding carboxylic acids is 1. The number of ether oxygens (including phenoxy) is 2. The number of nitrogens with one attached hydrogen (secondary N) is 1. The van der Waals surface area contributed by atoms with Crippen LogP contribution < -0.4 is 10.1 Å². The Balaban J connectivity index is 2.04. The van der Waals surface area contributed by atoms with Gasteiger partial charge in [-0.05, 0) is 6.07 Å². The van der Waals surface area contributed by atoms with Gasteiger partial charge in [0.15, 0.2) is 0 Å². The van der Waals surface area contributed by atoms with Crippen LogP contribution in [0, 0.1) is 0 Å². The number of benzene rings is 1. The van der Waals surface area contributed by atoms with Gasteiger partial charge in [-0.25, -0.2) is 0 Å². The van der Waals surface area contributed by atoms with E-state index >= 15 is 0 Å². The van der Waals surface area contributed by atoms with Gasteiger partial charge in [0.1, 0.15) is 17.4 Å². The molecule has 20 heavy (non-hydrogen) atoms. The molecule has 106 valence electrons. The molecule has 0 atom stereocenters. The van der Waals surface area contributed by atoms with Crippen LogP contribution in [-0.2, 0) is 16.0 Å². The predicted molar refractivity (Wildman–Crippen MR) is 76.2 cm³/mol. The zero-order valence-electron chi connectivity index (χ0n) is 11.3. The molecule has 2 rings (SSSR count). The van der Waals surface area contributed by atoms with Gasteiger partial charge in [-0.2, -0.15) is 0 Å². The van der Waals surface area contributed by atoms with Crippen LogP contribution in [0.15, 0.2) is 24.3 Å². The Morgan fingerprint density at radius 1 is 1.30 bits per heavy atom. The van der Waals surface area contributed by atoms with Gasteiger partial charge >= 0.3 is 0 Å². The summed E-state index contributed by atoms with van der Waals surface area (Å²) in [6.45, 7) is 0.00141. The lowest BCUT2D eigenvalue weighted by molar-refractivity contribution is -0.119. The number of anilines is 1. The molecule has 7 heteroatoms. The summed E-state index contributed by atoms with van der Waals surface area (Å²) in [7, 11) is 3.10. The molecule has 0 unspecified atom stereocenters. The summed E-state index contributed by atoms with van der Waals surface area (Å²) in [6, 6.07) is 7.74. The summed E-state index contributed by atoms with van der Waals surface area (Å²) in [4.78, 5) is 11.4. The first-order valence-corrected chi connectivity index (χ1v) is 6.77. The highest BCUT2D eigenvalue weighted by atomic mass is 32.1. The van der Waals surface area contributed by atoms with Gasteiger partial charge in [0.05, 0.1) is 7.11 Å². The first-order chi connectivity index (χ1) is 9.72. The molecule has 0 aliphatic carbocycles. The summed E-state index contributed by atoms with van der Waals surface area (Å²) in [6.07, 6.45) is 0.613. The number of rotatable bonds is 6. The van der Waals surface area contributed by atoms with Crippen LogP contribution in [0.4, 0.5) is 5.13 Å². The van der Waals surface area contributed by atoms with E-state index < -0.39 is 0 Å². The van der Waals surface area contributed by atoms with Crippen molar-refractivity contribution >= 4 is 22.4 Å². The first kappa shape index (κ1) is 14.4. The summed E-state index contributed by atoms with van der Waals surface area (Å²) in [5.74, 6) is 0.570. The van der Waals surface area contributed by atoms with E-state index in [1.807, 2.05) is 24.3 Å². The van der Waals surface area contributed by atoms with Crippen LogP contribution in [0.3, 0.4) is 0 Å². The van der Waals surface area contributed by atoms with Crippen molar-refractivity contribution in [2.75, 3.05) is 26.1 Å². The zero-order valence-corrected chi connectivity index (χ0v) is 12.1. The molecule has 0 spiro atoms. The van der Waals surface area contributed by atoms with E-state index in [2.05, 4.69) is 15.5 Å². The van der Waals surface area contributed by atoms with Crippen LogP contribution in [0.1, 0.15) is 10.6 Å². The number of nitrogens with zero attached hydrogens (tertiary/aromatic N) is 2. The molecule has 0 bridgehead atoms. The third-order valence-corrected chi connectivity index (χ3v) is 3.36. The Hall–Kier alpha value is -1.99.